The maximum Gasteiger partial charge on any atom is 0.261 e. The molecule has 3 aromatic rings. The number of fused-ring (bicyclic) bond motifs is 1. The van der Waals surface area contributed by atoms with Gasteiger partial charge in [-0.2, -0.15) is 10.4 Å². The van der Waals surface area contributed by atoms with Gasteiger partial charge in [-0.05, 0) is 24.6 Å². The van der Waals surface area contributed by atoms with Crippen LogP contribution in [-0.4, -0.2) is 20.7 Å². The number of nitriles is 1. The number of aromatic nitrogens is 3. The number of nitrogens with zero attached hydrogens (tertiary/aromatic N) is 3. The van der Waals surface area contributed by atoms with Gasteiger partial charge in [0.15, 0.2) is 5.82 Å². The molecule has 6 nitrogen and oxygen atoms in total. The fourth-order valence-electron chi connectivity index (χ4n) is 3.64. The smallest absolute Gasteiger partial charge is 0.261 e. The number of benzene rings is 1. The topological polar surface area (TPSA) is 86.5 Å². The van der Waals surface area contributed by atoms with Gasteiger partial charge in [-0.15, -0.1) is 0 Å². The van der Waals surface area contributed by atoms with Crippen LogP contribution in [0.3, 0.4) is 0 Å². The first-order chi connectivity index (χ1) is 13.0. The Kier molecular flexibility index (Phi) is 4.15. The largest absolute Gasteiger partial charge is 0.338 e. The molecule has 2 atom stereocenters. The van der Waals surface area contributed by atoms with Gasteiger partial charge in [0.05, 0.1) is 23.5 Å². The van der Waals surface area contributed by atoms with Crippen LogP contribution in [0.5, 0.6) is 0 Å². The van der Waals surface area contributed by atoms with Crippen molar-refractivity contribution in [2.45, 2.75) is 31.2 Å². The third-order valence-electron chi connectivity index (χ3n) is 4.94. The van der Waals surface area contributed by atoms with Gasteiger partial charge in [-0.1, -0.05) is 18.2 Å². The highest BCUT2D eigenvalue weighted by molar-refractivity contribution is 5.91. The van der Waals surface area contributed by atoms with E-state index in [0.717, 1.165) is 5.69 Å². The third-order valence-corrected chi connectivity index (χ3v) is 4.94. The van der Waals surface area contributed by atoms with E-state index >= 15 is 0 Å². The van der Waals surface area contributed by atoms with Crippen LogP contribution in [0.25, 0.3) is 10.9 Å². The van der Waals surface area contributed by atoms with E-state index in [-0.39, 0.29) is 18.4 Å². The average Bonchev–Trinajstić information content (AvgIpc) is 3.01. The summed E-state index contributed by atoms with van der Waals surface area (Å²) in [4.78, 5) is 15.0. The summed E-state index contributed by atoms with van der Waals surface area (Å²) in [6, 6.07) is 12.4. The quantitative estimate of drug-likeness (QED) is 0.731. The molecule has 0 aliphatic heterocycles. The molecule has 0 bridgehead atoms. The fourth-order valence-corrected chi connectivity index (χ4v) is 3.64. The Balaban J connectivity index is 1.81. The SMILES string of the molecule is N#CC1CC(F)(F)CCC1n1nc(Nc2ccccc2)c2c(=O)[nH]ccc21. The first-order valence-corrected chi connectivity index (χ1v) is 8.68. The number of H-pyrrole nitrogens is 1. The van der Waals surface area contributed by atoms with Crippen molar-refractivity contribution in [2.75, 3.05) is 5.32 Å². The molecule has 8 heteroatoms. The summed E-state index contributed by atoms with van der Waals surface area (Å²) in [6.07, 6.45) is 0.815. The van der Waals surface area contributed by atoms with Crippen LogP contribution in [0, 0.1) is 17.2 Å². The number of para-hydroxylation sites is 1. The lowest BCUT2D eigenvalue weighted by Gasteiger charge is -2.32. The number of hydrogen-bond donors (Lipinski definition) is 2. The molecule has 0 radical (unpaired) electrons. The zero-order chi connectivity index (χ0) is 19.0. The zero-order valence-electron chi connectivity index (χ0n) is 14.3. The summed E-state index contributed by atoms with van der Waals surface area (Å²) in [5, 5.41) is 17.4. The predicted molar refractivity (Wildman–Crippen MR) is 97.0 cm³/mol. The van der Waals surface area contributed by atoms with Crippen molar-refractivity contribution in [3.63, 3.8) is 0 Å². The highest BCUT2D eigenvalue weighted by Crippen LogP contribution is 2.43. The van der Waals surface area contributed by atoms with Crippen LogP contribution in [0.15, 0.2) is 47.4 Å². The molecule has 1 saturated carbocycles. The maximum atomic E-state index is 13.8. The molecule has 138 valence electrons. The molecule has 2 heterocycles. The maximum absolute atomic E-state index is 13.8. The molecule has 27 heavy (non-hydrogen) atoms. The molecule has 0 spiro atoms. The van der Waals surface area contributed by atoms with Crippen molar-refractivity contribution in [3.8, 4) is 6.07 Å². The highest BCUT2D eigenvalue weighted by atomic mass is 19.3. The van der Waals surface area contributed by atoms with Crippen LogP contribution in [0.1, 0.15) is 25.3 Å². The number of anilines is 2. The van der Waals surface area contributed by atoms with E-state index < -0.39 is 24.3 Å². The van der Waals surface area contributed by atoms with E-state index in [2.05, 4.69) is 15.4 Å². The molecule has 2 aromatic heterocycles. The number of nitrogens with one attached hydrogen (secondary N) is 2. The molecular weight excluding hydrogens is 352 g/mol. The molecule has 1 aliphatic rings. The van der Waals surface area contributed by atoms with Crippen molar-refractivity contribution in [1.82, 2.24) is 14.8 Å². The second-order valence-electron chi connectivity index (χ2n) is 6.75. The highest BCUT2D eigenvalue weighted by Gasteiger charge is 2.43. The standard InChI is InChI=1S/C19H17F2N5O/c20-19(21)8-6-14(12(10-19)11-22)26-15-7-9-23-18(27)16(15)17(25-26)24-13-4-2-1-3-5-13/h1-5,7,9,12,14H,6,8,10H2,(H,23,27)(H,24,25). The van der Waals surface area contributed by atoms with Crippen molar-refractivity contribution in [2.24, 2.45) is 5.92 Å². The van der Waals surface area contributed by atoms with Crippen LogP contribution in [-0.2, 0) is 0 Å². The number of pyridine rings is 1. The van der Waals surface area contributed by atoms with Crippen molar-refractivity contribution in [3.05, 3.63) is 52.9 Å². The molecule has 1 aromatic carbocycles. The Morgan fingerprint density at radius 3 is 2.81 bits per heavy atom. The van der Waals surface area contributed by atoms with Gasteiger partial charge in [-0.3, -0.25) is 9.48 Å². The van der Waals surface area contributed by atoms with Gasteiger partial charge >= 0.3 is 0 Å². The first-order valence-electron chi connectivity index (χ1n) is 8.68. The molecule has 0 amide bonds. The fraction of sp³-hybridized carbons (Fsp3) is 0.316. The van der Waals surface area contributed by atoms with E-state index in [1.165, 1.54) is 6.20 Å². The molecule has 4 rings (SSSR count). The number of hydrogen-bond acceptors (Lipinski definition) is 4. The Hall–Kier alpha value is -3.21. The van der Waals surface area contributed by atoms with E-state index in [0.29, 0.717) is 16.7 Å². The third kappa shape index (κ3) is 3.16. The molecule has 1 fully saturated rings. The van der Waals surface area contributed by atoms with Crippen LogP contribution >= 0.6 is 0 Å². The van der Waals surface area contributed by atoms with Crippen molar-refractivity contribution in [1.29, 1.82) is 5.26 Å². The van der Waals surface area contributed by atoms with Crippen LogP contribution in [0.2, 0.25) is 0 Å². The van der Waals surface area contributed by atoms with E-state index in [1.54, 1.807) is 10.7 Å². The summed E-state index contributed by atoms with van der Waals surface area (Å²) in [7, 11) is 0. The van der Waals surface area contributed by atoms with Gasteiger partial charge in [0.25, 0.3) is 5.56 Å². The van der Waals surface area contributed by atoms with Gasteiger partial charge in [0, 0.05) is 24.7 Å². The lowest BCUT2D eigenvalue weighted by molar-refractivity contribution is -0.0577. The van der Waals surface area contributed by atoms with Crippen molar-refractivity contribution < 1.29 is 8.78 Å². The first kappa shape index (κ1) is 17.2. The predicted octanol–water partition coefficient (Wildman–Crippen LogP) is 3.97. The minimum atomic E-state index is -2.84. The van der Waals surface area contributed by atoms with E-state index in [4.69, 9.17) is 0 Å². The minimum Gasteiger partial charge on any atom is -0.338 e. The molecular formula is C19H17F2N5O. The number of halogens is 2. The second-order valence-corrected chi connectivity index (χ2v) is 6.75. The summed E-state index contributed by atoms with van der Waals surface area (Å²) in [6.45, 7) is 0. The Morgan fingerprint density at radius 2 is 2.07 bits per heavy atom. The van der Waals surface area contributed by atoms with Crippen LogP contribution in [0.4, 0.5) is 20.3 Å². The molecule has 2 unspecified atom stereocenters. The van der Waals surface area contributed by atoms with E-state index in [9.17, 15) is 18.8 Å². The summed E-state index contributed by atoms with van der Waals surface area (Å²) in [5.41, 5.74) is 0.943. The summed E-state index contributed by atoms with van der Waals surface area (Å²) < 4.78 is 29.1. The molecule has 1 aliphatic carbocycles. The Bertz CT molecular complexity index is 1070. The Morgan fingerprint density at radius 1 is 1.30 bits per heavy atom. The van der Waals surface area contributed by atoms with Gasteiger partial charge in [0.1, 0.15) is 5.39 Å². The van der Waals surface area contributed by atoms with Gasteiger partial charge in [-0.25, -0.2) is 8.78 Å². The number of alkyl halides is 2. The second kappa shape index (κ2) is 6.50. The summed E-state index contributed by atoms with van der Waals surface area (Å²) in [5.74, 6) is -3.38. The summed E-state index contributed by atoms with van der Waals surface area (Å²) >= 11 is 0. The van der Waals surface area contributed by atoms with Crippen molar-refractivity contribution >= 4 is 22.4 Å². The zero-order valence-corrected chi connectivity index (χ0v) is 14.3. The molecule has 2 N–H and O–H groups in total. The molecule has 0 saturated heterocycles. The normalized spacial score (nSPS) is 21.7. The minimum absolute atomic E-state index is 0.125. The Labute approximate surface area is 153 Å². The number of aromatic amines is 1. The monoisotopic (exact) mass is 369 g/mol. The van der Waals surface area contributed by atoms with Crippen LogP contribution < -0.4 is 10.9 Å². The average molecular weight is 369 g/mol. The van der Waals surface area contributed by atoms with E-state index in [1.807, 2.05) is 36.4 Å². The van der Waals surface area contributed by atoms with Gasteiger partial charge in [0.2, 0.25) is 5.92 Å². The lowest BCUT2D eigenvalue weighted by atomic mass is 9.83. The number of rotatable bonds is 3. The van der Waals surface area contributed by atoms with Gasteiger partial charge < -0.3 is 10.3 Å². The lowest BCUT2D eigenvalue weighted by Crippen LogP contribution is -2.33.